The van der Waals surface area contributed by atoms with Crippen LogP contribution in [-0.4, -0.2) is 8.42 Å². The van der Waals surface area contributed by atoms with Gasteiger partial charge in [0.05, 0.1) is 10.5 Å². The summed E-state index contributed by atoms with van der Waals surface area (Å²) in [6, 6.07) is 4.46. The number of thiol groups is 1. The molecule has 0 unspecified atom stereocenters. The first kappa shape index (κ1) is 12.8. The molecule has 0 aromatic heterocycles. The number of rotatable bonds is 2. The Hall–Kier alpha value is -0.220. The minimum atomic E-state index is -3.82. The van der Waals surface area contributed by atoms with E-state index in [-0.39, 0.29) is 10.5 Å². The number of hydrogen-bond donors (Lipinski definition) is 1. The fourth-order valence-corrected chi connectivity index (χ4v) is 2.72. The second-order valence-corrected chi connectivity index (χ2v) is 6.24. The first-order chi connectivity index (χ1) is 6.90. The summed E-state index contributed by atoms with van der Waals surface area (Å²) in [4.78, 5) is 0.367. The quantitative estimate of drug-likeness (QED) is 0.516. The van der Waals surface area contributed by atoms with E-state index in [9.17, 15) is 8.42 Å². The Morgan fingerprint density at radius 1 is 1.53 bits per heavy atom. The molecule has 0 heterocycles. The van der Waals surface area contributed by atoms with Gasteiger partial charge in [-0.3, -0.25) is 0 Å². The van der Waals surface area contributed by atoms with Gasteiger partial charge in [0.2, 0.25) is 0 Å². The lowest BCUT2D eigenvalue weighted by Crippen LogP contribution is -1.96. The Labute approximate surface area is 106 Å². The van der Waals surface area contributed by atoms with E-state index in [0.29, 0.717) is 15.8 Å². The Morgan fingerprint density at radius 2 is 2.13 bits per heavy atom. The van der Waals surface area contributed by atoms with E-state index in [4.69, 9.17) is 15.9 Å². The van der Waals surface area contributed by atoms with Crippen LogP contribution in [0.3, 0.4) is 0 Å². The smallest absolute Gasteiger partial charge is 0.207 e. The number of nitriles is 1. The number of benzene rings is 1. The van der Waals surface area contributed by atoms with Gasteiger partial charge in [-0.15, -0.1) is 12.6 Å². The Morgan fingerprint density at radius 3 is 2.53 bits per heavy atom. The molecule has 0 N–H and O–H groups in total. The van der Waals surface area contributed by atoms with Gasteiger partial charge < -0.3 is 0 Å². The van der Waals surface area contributed by atoms with Crippen molar-refractivity contribution in [2.24, 2.45) is 0 Å². The molecule has 0 radical (unpaired) electrons. The molecule has 1 aromatic carbocycles. The van der Waals surface area contributed by atoms with Gasteiger partial charge >= 0.3 is 0 Å². The molecule has 0 aliphatic carbocycles. The molecule has 0 aliphatic heterocycles. The third-order valence-corrected chi connectivity index (χ3v) is 4.17. The van der Waals surface area contributed by atoms with Crippen LogP contribution in [0, 0.1) is 11.3 Å². The van der Waals surface area contributed by atoms with Gasteiger partial charge in [-0.2, -0.15) is 5.26 Å². The highest BCUT2D eigenvalue weighted by Crippen LogP contribution is 2.27. The van der Waals surface area contributed by atoms with Gasteiger partial charge in [0, 0.05) is 20.9 Å². The van der Waals surface area contributed by atoms with Gasteiger partial charge in [-0.25, -0.2) is 8.42 Å². The Balaban J connectivity index is 3.56. The maximum Gasteiger partial charge on any atom is 0.261 e. The summed E-state index contributed by atoms with van der Waals surface area (Å²) in [5, 5.41) is 9.18. The summed E-state index contributed by atoms with van der Waals surface area (Å²) in [5.74, 6) is 0. The minimum absolute atomic E-state index is 0.0898. The third kappa shape index (κ3) is 2.88. The fraction of sp³-hybridized carbons (Fsp3) is 0.125. The van der Waals surface area contributed by atoms with E-state index in [1.54, 1.807) is 0 Å². The van der Waals surface area contributed by atoms with Crippen molar-refractivity contribution in [3.63, 3.8) is 0 Å². The SMILES string of the molecule is N#Cc1cc(S(=O)(=O)Cl)cc(CBr)c1S. The molecule has 0 saturated heterocycles. The summed E-state index contributed by atoms with van der Waals surface area (Å²) in [7, 11) is 1.37. The van der Waals surface area contributed by atoms with Crippen molar-refractivity contribution in [1.29, 1.82) is 5.26 Å². The Bertz CT molecular complexity index is 536. The van der Waals surface area contributed by atoms with Crippen molar-refractivity contribution < 1.29 is 8.42 Å². The first-order valence-corrected chi connectivity index (χ1v) is 7.54. The van der Waals surface area contributed by atoms with Crippen molar-refractivity contribution in [3.05, 3.63) is 23.3 Å². The molecule has 0 atom stereocenters. The monoisotopic (exact) mass is 325 g/mol. The van der Waals surface area contributed by atoms with E-state index < -0.39 is 9.05 Å². The van der Waals surface area contributed by atoms with Crippen LogP contribution in [-0.2, 0) is 14.4 Å². The van der Waals surface area contributed by atoms with E-state index in [1.807, 2.05) is 6.07 Å². The molecule has 80 valence electrons. The summed E-state index contributed by atoms with van der Waals surface area (Å²) in [6.07, 6.45) is 0. The first-order valence-electron chi connectivity index (χ1n) is 3.66. The zero-order chi connectivity index (χ0) is 11.6. The highest BCUT2D eigenvalue weighted by molar-refractivity contribution is 9.08. The van der Waals surface area contributed by atoms with Gasteiger partial charge in [0.15, 0.2) is 0 Å². The van der Waals surface area contributed by atoms with E-state index in [1.165, 1.54) is 12.1 Å². The van der Waals surface area contributed by atoms with Crippen LogP contribution >= 0.6 is 39.2 Å². The summed E-state index contributed by atoms with van der Waals surface area (Å²) < 4.78 is 22.2. The molecular weight excluding hydrogens is 322 g/mol. The molecule has 7 heteroatoms. The van der Waals surface area contributed by atoms with E-state index in [2.05, 4.69) is 28.6 Å². The van der Waals surface area contributed by atoms with Gasteiger partial charge in [-0.05, 0) is 17.7 Å². The number of halogens is 2. The molecule has 0 amide bonds. The van der Waals surface area contributed by atoms with Crippen LogP contribution in [0.5, 0.6) is 0 Å². The lowest BCUT2D eigenvalue weighted by atomic mass is 10.1. The summed E-state index contributed by atoms with van der Waals surface area (Å²) >= 11 is 7.30. The largest absolute Gasteiger partial charge is 0.261 e. The lowest BCUT2D eigenvalue weighted by Gasteiger charge is -2.05. The molecule has 1 aromatic rings. The average molecular weight is 327 g/mol. The molecule has 15 heavy (non-hydrogen) atoms. The van der Waals surface area contributed by atoms with Crippen LogP contribution in [0.4, 0.5) is 0 Å². The van der Waals surface area contributed by atoms with Crippen LogP contribution in [0.25, 0.3) is 0 Å². The van der Waals surface area contributed by atoms with E-state index in [0.717, 1.165) is 0 Å². The molecule has 0 aliphatic rings. The van der Waals surface area contributed by atoms with Gasteiger partial charge in [-0.1, -0.05) is 15.9 Å². The molecule has 0 bridgehead atoms. The number of nitrogens with zero attached hydrogens (tertiary/aromatic N) is 1. The molecule has 1 rings (SSSR count). The highest BCUT2D eigenvalue weighted by atomic mass is 79.9. The second-order valence-electron chi connectivity index (χ2n) is 2.66. The minimum Gasteiger partial charge on any atom is -0.207 e. The molecule has 0 saturated carbocycles. The molecule has 0 fully saturated rings. The maximum atomic E-state index is 11.1. The van der Waals surface area contributed by atoms with Crippen molar-refractivity contribution in [2.45, 2.75) is 15.1 Å². The fourth-order valence-electron chi connectivity index (χ4n) is 0.993. The zero-order valence-corrected chi connectivity index (χ0v) is 11.3. The molecular formula is C8H5BrClNO2S2. The van der Waals surface area contributed by atoms with Crippen LogP contribution < -0.4 is 0 Å². The second kappa shape index (κ2) is 4.74. The third-order valence-electron chi connectivity index (χ3n) is 1.71. The van der Waals surface area contributed by atoms with E-state index >= 15 is 0 Å². The summed E-state index contributed by atoms with van der Waals surface area (Å²) in [6.45, 7) is 0. The highest BCUT2D eigenvalue weighted by Gasteiger charge is 2.15. The molecule has 0 spiro atoms. The summed E-state index contributed by atoms with van der Waals surface area (Å²) in [5.41, 5.74) is 0.797. The molecule has 3 nitrogen and oxygen atoms in total. The van der Waals surface area contributed by atoms with Crippen LogP contribution in [0.1, 0.15) is 11.1 Å². The van der Waals surface area contributed by atoms with Crippen LogP contribution in [0.15, 0.2) is 21.9 Å². The van der Waals surface area contributed by atoms with Crippen molar-refractivity contribution >= 4 is 48.3 Å². The lowest BCUT2D eigenvalue weighted by molar-refractivity contribution is 0.609. The number of alkyl halides is 1. The van der Waals surface area contributed by atoms with Gasteiger partial charge in [0.1, 0.15) is 6.07 Å². The van der Waals surface area contributed by atoms with Gasteiger partial charge in [0.25, 0.3) is 9.05 Å². The number of hydrogen-bond acceptors (Lipinski definition) is 4. The zero-order valence-electron chi connectivity index (χ0n) is 7.24. The Kier molecular flexibility index (Phi) is 4.06. The van der Waals surface area contributed by atoms with Crippen molar-refractivity contribution in [1.82, 2.24) is 0 Å². The standard InChI is InChI=1S/C8H5BrClNO2S2/c9-3-5-1-7(15(10,12)13)2-6(4-11)8(5)14/h1-2,14H,3H2. The van der Waals surface area contributed by atoms with Crippen molar-refractivity contribution in [3.8, 4) is 6.07 Å². The topological polar surface area (TPSA) is 57.9 Å². The van der Waals surface area contributed by atoms with Crippen LogP contribution in [0.2, 0.25) is 0 Å². The maximum absolute atomic E-state index is 11.1. The average Bonchev–Trinajstić information content (AvgIpc) is 2.16. The normalized spacial score (nSPS) is 11.1. The van der Waals surface area contributed by atoms with Crippen molar-refractivity contribution in [2.75, 3.05) is 0 Å². The predicted octanol–water partition coefficient (Wildman–Crippen LogP) is 2.67. The predicted molar refractivity (Wildman–Crippen MR) is 64.1 cm³/mol.